The van der Waals surface area contributed by atoms with Gasteiger partial charge in [-0.25, -0.2) is 4.98 Å². The van der Waals surface area contributed by atoms with Gasteiger partial charge in [-0.2, -0.15) is 0 Å². The molecule has 0 aliphatic rings. The van der Waals surface area contributed by atoms with Crippen molar-refractivity contribution in [1.82, 2.24) is 4.98 Å². The second-order valence-corrected chi connectivity index (χ2v) is 4.42. The molecule has 1 aromatic carbocycles. The molecule has 0 aliphatic heterocycles. The van der Waals surface area contributed by atoms with E-state index in [4.69, 9.17) is 9.47 Å². The van der Waals surface area contributed by atoms with Gasteiger partial charge < -0.3 is 14.6 Å². The Morgan fingerprint density at radius 3 is 2.70 bits per heavy atom. The summed E-state index contributed by atoms with van der Waals surface area (Å²) in [6, 6.07) is 13.1. The number of para-hydroxylation sites is 1. The summed E-state index contributed by atoms with van der Waals surface area (Å²) in [5.74, 6) is 1.25. The van der Waals surface area contributed by atoms with Crippen LogP contribution in [-0.2, 0) is 6.61 Å². The van der Waals surface area contributed by atoms with Crippen LogP contribution in [0.3, 0.4) is 0 Å². The molecule has 1 heterocycles. The molecule has 0 radical (unpaired) electrons. The minimum atomic E-state index is -0.510. The maximum atomic E-state index is 9.97. The van der Waals surface area contributed by atoms with Crippen LogP contribution >= 0.6 is 0 Å². The summed E-state index contributed by atoms with van der Waals surface area (Å²) in [5, 5.41) is 9.97. The SMILES string of the molecule is CC[C@@H](O)c1ccccc1OCc1cccc(OC)n1. The van der Waals surface area contributed by atoms with Crippen LogP contribution in [0.15, 0.2) is 42.5 Å². The van der Waals surface area contributed by atoms with Gasteiger partial charge in [-0.1, -0.05) is 31.2 Å². The molecule has 0 saturated carbocycles. The van der Waals surface area contributed by atoms with Gasteiger partial charge in [0.2, 0.25) is 5.88 Å². The number of methoxy groups -OCH3 is 1. The van der Waals surface area contributed by atoms with Gasteiger partial charge in [0.15, 0.2) is 0 Å². The predicted molar refractivity (Wildman–Crippen MR) is 76.8 cm³/mol. The van der Waals surface area contributed by atoms with Gasteiger partial charge >= 0.3 is 0 Å². The van der Waals surface area contributed by atoms with E-state index in [0.29, 0.717) is 24.7 Å². The quantitative estimate of drug-likeness (QED) is 0.878. The van der Waals surface area contributed by atoms with Crippen LogP contribution in [0.4, 0.5) is 0 Å². The molecule has 2 rings (SSSR count). The van der Waals surface area contributed by atoms with E-state index >= 15 is 0 Å². The topological polar surface area (TPSA) is 51.6 Å². The molecule has 0 bridgehead atoms. The number of ether oxygens (including phenoxy) is 2. The van der Waals surface area contributed by atoms with E-state index in [2.05, 4.69) is 4.98 Å². The Morgan fingerprint density at radius 1 is 1.15 bits per heavy atom. The van der Waals surface area contributed by atoms with E-state index in [-0.39, 0.29) is 0 Å². The summed E-state index contributed by atoms with van der Waals surface area (Å²) in [5.41, 5.74) is 1.59. The second-order valence-electron chi connectivity index (χ2n) is 4.42. The molecule has 0 spiro atoms. The van der Waals surface area contributed by atoms with Crippen molar-refractivity contribution in [3.05, 3.63) is 53.7 Å². The number of hydrogen-bond acceptors (Lipinski definition) is 4. The van der Waals surface area contributed by atoms with E-state index in [1.807, 2.05) is 43.3 Å². The number of hydrogen-bond donors (Lipinski definition) is 1. The zero-order chi connectivity index (χ0) is 14.4. The largest absolute Gasteiger partial charge is 0.487 e. The van der Waals surface area contributed by atoms with E-state index in [0.717, 1.165) is 11.3 Å². The van der Waals surface area contributed by atoms with Crippen LogP contribution in [0, 0.1) is 0 Å². The number of rotatable bonds is 6. The first kappa shape index (κ1) is 14.3. The maximum absolute atomic E-state index is 9.97. The van der Waals surface area contributed by atoms with E-state index < -0.39 is 6.10 Å². The molecule has 0 amide bonds. The number of benzene rings is 1. The maximum Gasteiger partial charge on any atom is 0.213 e. The lowest BCUT2D eigenvalue weighted by molar-refractivity contribution is 0.166. The van der Waals surface area contributed by atoms with Crippen molar-refractivity contribution in [2.24, 2.45) is 0 Å². The van der Waals surface area contributed by atoms with Crippen LogP contribution in [-0.4, -0.2) is 17.2 Å². The van der Waals surface area contributed by atoms with Crippen molar-refractivity contribution >= 4 is 0 Å². The van der Waals surface area contributed by atoms with Crippen molar-refractivity contribution in [3.8, 4) is 11.6 Å². The van der Waals surface area contributed by atoms with E-state index in [1.54, 1.807) is 13.2 Å². The molecular formula is C16H19NO3. The average Bonchev–Trinajstić information content (AvgIpc) is 2.52. The highest BCUT2D eigenvalue weighted by Gasteiger charge is 2.11. The second kappa shape index (κ2) is 6.91. The Kier molecular flexibility index (Phi) is 4.96. The number of aliphatic hydroxyl groups is 1. The molecule has 2 aromatic rings. The number of nitrogens with zero attached hydrogens (tertiary/aromatic N) is 1. The Hall–Kier alpha value is -2.07. The zero-order valence-corrected chi connectivity index (χ0v) is 11.7. The van der Waals surface area contributed by atoms with Crippen molar-refractivity contribution in [2.75, 3.05) is 7.11 Å². The van der Waals surface area contributed by atoms with Crippen LogP contribution in [0.25, 0.3) is 0 Å². The molecule has 4 heteroatoms. The third kappa shape index (κ3) is 3.48. The number of aliphatic hydroxyl groups excluding tert-OH is 1. The first-order valence-corrected chi connectivity index (χ1v) is 6.64. The van der Waals surface area contributed by atoms with Gasteiger partial charge in [0, 0.05) is 11.6 Å². The van der Waals surface area contributed by atoms with Crippen LogP contribution in [0.2, 0.25) is 0 Å². The van der Waals surface area contributed by atoms with E-state index in [1.165, 1.54) is 0 Å². The highest BCUT2D eigenvalue weighted by atomic mass is 16.5. The Bertz CT molecular complexity index is 557. The molecule has 1 aromatic heterocycles. The van der Waals surface area contributed by atoms with Crippen LogP contribution in [0.1, 0.15) is 30.7 Å². The van der Waals surface area contributed by atoms with Gasteiger partial charge in [-0.3, -0.25) is 0 Å². The van der Waals surface area contributed by atoms with Crippen LogP contribution < -0.4 is 9.47 Å². The van der Waals surface area contributed by atoms with Crippen molar-refractivity contribution in [3.63, 3.8) is 0 Å². The predicted octanol–water partition coefficient (Wildman–Crippen LogP) is 3.11. The number of pyridine rings is 1. The minimum Gasteiger partial charge on any atom is -0.487 e. The fraction of sp³-hybridized carbons (Fsp3) is 0.312. The average molecular weight is 273 g/mol. The molecule has 1 N–H and O–H groups in total. The molecule has 0 fully saturated rings. The lowest BCUT2D eigenvalue weighted by Gasteiger charge is -2.14. The van der Waals surface area contributed by atoms with E-state index in [9.17, 15) is 5.11 Å². The molecule has 20 heavy (non-hydrogen) atoms. The first-order chi connectivity index (χ1) is 9.74. The monoisotopic (exact) mass is 273 g/mol. The molecular weight excluding hydrogens is 254 g/mol. The summed E-state index contributed by atoms with van der Waals surface area (Å²) in [4.78, 5) is 4.29. The van der Waals surface area contributed by atoms with Gasteiger partial charge in [0.1, 0.15) is 12.4 Å². The molecule has 0 aliphatic carbocycles. The molecule has 0 unspecified atom stereocenters. The normalized spacial score (nSPS) is 11.9. The van der Waals surface area contributed by atoms with Crippen molar-refractivity contribution in [2.45, 2.75) is 26.1 Å². The Morgan fingerprint density at radius 2 is 1.95 bits per heavy atom. The highest BCUT2D eigenvalue weighted by molar-refractivity contribution is 5.35. The lowest BCUT2D eigenvalue weighted by Crippen LogP contribution is -2.03. The Balaban J connectivity index is 2.10. The standard InChI is InChI=1S/C16H19NO3/c1-3-14(18)13-8-4-5-9-15(13)20-11-12-7-6-10-16(17-12)19-2/h4-10,14,18H,3,11H2,1-2H3/t14-/m1/s1. The van der Waals surface area contributed by atoms with Gasteiger partial charge in [0.05, 0.1) is 18.9 Å². The fourth-order valence-corrected chi connectivity index (χ4v) is 1.91. The summed E-state index contributed by atoms with van der Waals surface area (Å²) >= 11 is 0. The van der Waals surface area contributed by atoms with Crippen molar-refractivity contribution < 1.29 is 14.6 Å². The van der Waals surface area contributed by atoms with Crippen molar-refractivity contribution in [1.29, 1.82) is 0 Å². The number of aromatic nitrogens is 1. The lowest BCUT2D eigenvalue weighted by atomic mass is 10.1. The molecule has 0 saturated heterocycles. The minimum absolute atomic E-state index is 0.338. The van der Waals surface area contributed by atoms with Gasteiger partial charge in [-0.15, -0.1) is 0 Å². The Labute approximate surface area is 119 Å². The molecule has 4 nitrogen and oxygen atoms in total. The summed E-state index contributed by atoms with van der Waals surface area (Å²) in [7, 11) is 1.58. The summed E-state index contributed by atoms with van der Waals surface area (Å²) < 4.78 is 10.8. The smallest absolute Gasteiger partial charge is 0.213 e. The zero-order valence-electron chi connectivity index (χ0n) is 11.7. The van der Waals surface area contributed by atoms with Gasteiger partial charge in [0.25, 0.3) is 0 Å². The third-order valence-corrected chi connectivity index (χ3v) is 3.03. The fourth-order valence-electron chi connectivity index (χ4n) is 1.91. The first-order valence-electron chi connectivity index (χ1n) is 6.64. The van der Waals surface area contributed by atoms with Crippen LogP contribution in [0.5, 0.6) is 11.6 Å². The summed E-state index contributed by atoms with van der Waals surface area (Å²) in [6.45, 7) is 2.27. The summed E-state index contributed by atoms with van der Waals surface area (Å²) in [6.07, 6.45) is 0.141. The third-order valence-electron chi connectivity index (χ3n) is 3.03. The van der Waals surface area contributed by atoms with Gasteiger partial charge in [-0.05, 0) is 18.6 Å². The molecule has 106 valence electrons. The highest BCUT2D eigenvalue weighted by Crippen LogP contribution is 2.27. The molecule has 1 atom stereocenters.